The normalized spacial score (nSPS) is 12.2. The molecule has 3 N–H and O–H groups in total. The second kappa shape index (κ2) is 12.7. The number of carbonyl (C=O) groups is 1. The number of rotatable bonds is 8. The molecule has 0 radical (unpaired) electrons. The van der Waals surface area contributed by atoms with Crippen LogP contribution in [0.2, 0.25) is 0 Å². The van der Waals surface area contributed by atoms with E-state index in [0.717, 1.165) is 11.3 Å². The maximum absolute atomic E-state index is 12.4. The smallest absolute Gasteiger partial charge is 0.228 e. The first-order valence-corrected chi connectivity index (χ1v) is 11.9. The Hall–Kier alpha value is -2.71. The lowest BCUT2D eigenvalue weighted by atomic mass is 10.1. The topological polar surface area (TPSA) is 77.9 Å². The molecule has 1 amide bonds. The molecule has 3 rings (SSSR count). The summed E-state index contributed by atoms with van der Waals surface area (Å²) in [6, 6.07) is 26.2. The Morgan fingerprint density at radius 3 is 1.97 bits per heavy atom. The summed E-state index contributed by atoms with van der Waals surface area (Å²) in [6.07, 6.45) is -0.224. The largest absolute Gasteiger partial charge is 0.339 e. The molecular formula is C24H22Cl3N5OS. The molecule has 1 atom stereocenters. The van der Waals surface area contributed by atoms with Crippen molar-refractivity contribution in [3.8, 4) is 0 Å². The fraction of sp³-hybridized carbons (Fsp3) is 0.167. The molecule has 0 aromatic heterocycles. The fourth-order valence-corrected chi connectivity index (χ4v) is 3.42. The third-order valence-electron chi connectivity index (χ3n) is 4.55. The zero-order valence-corrected chi connectivity index (χ0v) is 21.0. The van der Waals surface area contributed by atoms with Gasteiger partial charge in [0.1, 0.15) is 6.17 Å². The van der Waals surface area contributed by atoms with E-state index in [1.54, 1.807) is 24.3 Å². The highest BCUT2D eigenvalue weighted by molar-refractivity contribution is 7.80. The number of alkyl halides is 3. The highest BCUT2D eigenvalue weighted by atomic mass is 35.6. The van der Waals surface area contributed by atoms with Crippen molar-refractivity contribution in [3.05, 3.63) is 90.5 Å². The van der Waals surface area contributed by atoms with E-state index in [0.29, 0.717) is 17.8 Å². The van der Waals surface area contributed by atoms with E-state index < -0.39 is 9.96 Å². The van der Waals surface area contributed by atoms with Crippen molar-refractivity contribution in [2.24, 2.45) is 10.2 Å². The van der Waals surface area contributed by atoms with E-state index in [2.05, 4.69) is 26.2 Å². The molecule has 0 aliphatic rings. The molecule has 3 aromatic rings. The summed E-state index contributed by atoms with van der Waals surface area (Å²) in [5.74, 6) is -0.274. The zero-order chi connectivity index (χ0) is 24.4. The van der Waals surface area contributed by atoms with Gasteiger partial charge in [0.05, 0.1) is 11.4 Å². The first-order valence-electron chi connectivity index (χ1n) is 10.3. The van der Waals surface area contributed by atoms with Crippen LogP contribution in [0.5, 0.6) is 0 Å². The van der Waals surface area contributed by atoms with Gasteiger partial charge in [-0.2, -0.15) is 10.2 Å². The van der Waals surface area contributed by atoms with Gasteiger partial charge in [0, 0.05) is 12.1 Å². The molecule has 1 unspecified atom stereocenters. The minimum Gasteiger partial charge on any atom is -0.339 e. The van der Waals surface area contributed by atoms with Crippen LogP contribution in [0.15, 0.2) is 95.2 Å². The summed E-state index contributed by atoms with van der Waals surface area (Å²) >= 11 is 23.5. The maximum atomic E-state index is 12.4. The Bertz CT molecular complexity index is 1110. The number of hydrogen-bond donors (Lipinski definition) is 3. The van der Waals surface area contributed by atoms with Crippen LogP contribution in [0, 0.1) is 0 Å². The maximum Gasteiger partial charge on any atom is 0.228 e. The number of amides is 1. The van der Waals surface area contributed by atoms with Crippen LogP contribution in [0.3, 0.4) is 0 Å². The van der Waals surface area contributed by atoms with Gasteiger partial charge in [0.2, 0.25) is 9.70 Å². The molecule has 0 spiro atoms. The summed E-state index contributed by atoms with van der Waals surface area (Å²) in [7, 11) is 0. The minimum absolute atomic E-state index is 0.179. The molecule has 0 saturated heterocycles. The average molecular weight is 535 g/mol. The fourth-order valence-electron chi connectivity index (χ4n) is 2.86. The van der Waals surface area contributed by atoms with Gasteiger partial charge in [0.25, 0.3) is 0 Å². The Morgan fingerprint density at radius 2 is 1.38 bits per heavy atom. The number of azo groups is 1. The molecule has 3 aromatic carbocycles. The highest BCUT2D eigenvalue weighted by Gasteiger charge is 2.34. The lowest BCUT2D eigenvalue weighted by molar-refractivity contribution is -0.121. The standard InChI is InChI=1S/C24H22Cl3N5OS/c25-24(26,27)22(29-21(33)16-11-17-7-3-1-4-8-17)30-23(34)28-18-12-14-20(15-13-18)32-31-19-9-5-2-6-10-19/h1-10,12-15,22H,11,16H2,(H,29,33)(H2,28,30,34). The van der Waals surface area contributed by atoms with Crippen molar-refractivity contribution < 1.29 is 4.79 Å². The van der Waals surface area contributed by atoms with Gasteiger partial charge in [-0.05, 0) is 60.6 Å². The van der Waals surface area contributed by atoms with E-state index in [9.17, 15) is 4.79 Å². The monoisotopic (exact) mass is 533 g/mol. The van der Waals surface area contributed by atoms with E-state index in [-0.39, 0.29) is 17.4 Å². The van der Waals surface area contributed by atoms with Crippen LogP contribution in [0.25, 0.3) is 0 Å². The van der Waals surface area contributed by atoms with Crippen molar-refractivity contribution in [3.63, 3.8) is 0 Å². The number of aryl methyl sites for hydroxylation is 1. The average Bonchev–Trinajstić information content (AvgIpc) is 2.82. The summed E-state index contributed by atoms with van der Waals surface area (Å²) < 4.78 is -1.82. The molecule has 0 fully saturated rings. The molecule has 176 valence electrons. The van der Waals surface area contributed by atoms with Gasteiger partial charge in [-0.15, -0.1) is 0 Å². The van der Waals surface area contributed by atoms with Gasteiger partial charge in [0.15, 0.2) is 5.11 Å². The number of thiocarbonyl (C=S) groups is 1. The number of benzene rings is 3. The third-order valence-corrected chi connectivity index (χ3v) is 5.43. The second-order valence-corrected chi connectivity index (χ2v) is 9.99. The van der Waals surface area contributed by atoms with E-state index in [4.69, 9.17) is 47.0 Å². The molecular weight excluding hydrogens is 513 g/mol. The number of nitrogens with one attached hydrogen (secondary N) is 3. The molecule has 10 heteroatoms. The second-order valence-electron chi connectivity index (χ2n) is 7.21. The first-order chi connectivity index (χ1) is 16.3. The Morgan fingerprint density at radius 1 is 0.824 bits per heavy atom. The molecule has 6 nitrogen and oxygen atoms in total. The van der Waals surface area contributed by atoms with Gasteiger partial charge in [-0.25, -0.2) is 0 Å². The third kappa shape index (κ3) is 8.91. The van der Waals surface area contributed by atoms with E-state index in [1.165, 1.54) is 0 Å². The number of carbonyl (C=O) groups excluding carboxylic acids is 1. The Balaban J connectivity index is 1.53. The summed E-state index contributed by atoms with van der Waals surface area (Å²) in [5.41, 5.74) is 3.17. The lowest BCUT2D eigenvalue weighted by Crippen LogP contribution is -2.56. The Kier molecular flexibility index (Phi) is 9.65. The van der Waals surface area contributed by atoms with Crippen molar-refractivity contribution in [1.82, 2.24) is 10.6 Å². The van der Waals surface area contributed by atoms with E-state index >= 15 is 0 Å². The first kappa shape index (κ1) is 25.9. The number of hydrogen-bond acceptors (Lipinski definition) is 4. The van der Waals surface area contributed by atoms with Gasteiger partial charge < -0.3 is 16.0 Å². The van der Waals surface area contributed by atoms with Crippen LogP contribution in [0.1, 0.15) is 12.0 Å². The minimum atomic E-state index is -1.82. The van der Waals surface area contributed by atoms with Crippen molar-refractivity contribution >= 4 is 75.1 Å². The molecule has 0 bridgehead atoms. The molecule has 0 aliphatic carbocycles. The van der Waals surface area contributed by atoms with Crippen LogP contribution in [-0.4, -0.2) is 21.0 Å². The molecule has 0 saturated carbocycles. The van der Waals surface area contributed by atoms with Gasteiger partial charge in [-0.3, -0.25) is 4.79 Å². The summed E-state index contributed by atoms with van der Waals surface area (Å²) in [4.78, 5) is 12.4. The quantitative estimate of drug-likeness (QED) is 0.128. The molecule has 0 aliphatic heterocycles. The lowest BCUT2D eigenvalue weighted by Gasteiger charge is -2.27. The van der Waals surface area contributed by atoms with Crippen molar-refractivity contribution in [2.75, 3.05) is 5.32 Å². The SMILES string of the molecule is O=C(CCc1ccccc1)NC(NC(=S)Nc1ccc(N=Nc2ccccc2)cc1)C(Cl)(Cl)Cl. The zero-order valence-electron chi connectivity index (χ0n) is 17.9. The van der Waals surface area contributed by atoms with Crippen LogP contribution in [-0.2, 0) is 11.2 Å². The van der Waals surface area contributed by atoms with Gasteiger partial charge >= 0.3 is 0 Å². The molecule has 34 heavy (non-hydrogen) atoms. The predicted molar refractivity (Wildman–Crippen MR) is 143 cm³/mol. The van der Waals surface area contributed by atoms with Crippen LogP contribution < -0.4 is 16.0 Å². The Labute approximate surface area is 218 Å². The van der Waals surface area contributed by atoms with Crippen molar-refractivity contribution in [2.45, 2.75) is 22.8 Å². The van der Waals surface area contributed by atoms with E-state index in [1.807, 2.05) is 60.7 Å². The highest BCUT2D eigenvalue weighted by Crippen LogP contribution is 2.29. The van der Waals surface area contributed by atoms with Crippen LogP contribution in [0.4, 0.5) is 17.1 Å². The summed E-state index contributed by atoms with van der Waals surface area (Å²) in [5, 5.41) is 17.1. The number of nitrogens with zero attached hydrogens (tertiary/aromatic N) is 2. The number of anilines is 1. The molecule has 0 heterocycles. The van der Waals surface area contributed by atoms with Gasteiger partial charge in [-0.1, -0.05) is 83.3 Å². The van der Waals surface area contributed by atoms with Crippen LogP contribution >= 0.6 is 47.0 Å². The number of halogens is 3. The summed E-state index contributed by atoms with van der Waals surface area (Å²) in [6.45, 7) is 0. The predicted octanol–water partition coefficient (Wildman–Crippen LogP) is 6.83. The van der Waals surface area contributed by atoms with Crippen molar-refractivity contribution in [1.29, 1.82) is 0 Å².